The average Bonchev–Trinajstić information content (AvgIpc) is 3.12. The van der Waals surface area contributed by atoms with Crippen molar-refractivity contribution in [1.29, 1.82) is 0 Å². The zero-order valence-electron chi connectivity index (χ0n) is 13.9. The van der Waals surface area contributed by atoms with Crippen molar-refractivity contribution in [3.8, 4) is 0 Å². The number of ether oxygens (including phenoxy) is 2. The Morgan fingerprint density at radius 1 is 1.29 bits per heavy atom. The van der Waals surface area contributed by atoms with Crippen LogP contribution >= 0.6 is 0 Å². The monoisotopic (exact) mass is 328 g/mol. The van der Waals surface area contributed by atoms with Crippen LogP contribution in [0, 0.1) is 5.92 Å². The molecule has 3 heterocycles. The van der Waals surface area contributed by atoms with Crippen molar-refractivity contribution >= 4 is 11.9 Å². The molecule has 6 heteroatoms. The fourth-order valence-corrected chi connectivity index (χ4v) is 2.81. The third kappa shape index (κ3) is 2.79. The van der Waals surface area contributed by atoms with Crippen molar-refractivity contribution in [3.63, 3.8) is 0 Å². The number of hydrogen-bond acceptors (Lipinski definition) is 6. The second-order valence-corrected chi connectivity index (χ2v) is 6.09. The molecule has 0 N–H and O–H groups in total. The zero-order chi connectivity index (χ0) is 17.2. The molecule has 0 aliphatic carbocycles. The van der Waals surface area contributed by atoms with Gasteiger partial charge in [-0.25, -0.2) is 9.79 Å². The quantitative estimate of drug-likeness (QED) is 0.807. The van der Waals surface area contributed by atoms with Crippen LogP contribution in [0.25, 0.3) is 0 Å². The van der Waals surface area contributed by atoms with Gasteiger partial charge in [-0.15, -0.1) is 0 Å². The molecule has 2 aromatic rings. The Morgan fingerprint density at radius 3 is 2.62 bits per heavy atom. The van der Waals surface area contributed by atoms with Gasteiger partial charge < -0.3 is 13.9 Å². The molecule has 0 saturated heterocycles. The van der Waals surface area contributed by atoms with E-state index in [4.69, 9.17) is 13.9 Å². The number of esters is 1. The molecule has 0 spiro atoms. The number of furan rings is 1. The first kappa shape index (κ1) is 16.2. The molecule has 126 valence electrons. The van der Waals surface area contributed by atoms with Crippen molar-refractivity contribution in [2.45, 2.75) is 31.9 Å². The number of aromatic nitrogens is 1. The van der Waals surface area contributed by atoms with Crippen LogP contribution in [0.15, 0.2) is 52.3 Å². The van der Waals surface area contributed by atoms with Crippen molar-refractivity contribution in [3.05, 3.63) is 54.2 Å². The summed E-state index contributed by atoms with van der Waals surface area (Å²) in [7, 11) is 1.53. The second-order valence-electron chi connectivity index (χ2n) is 6.09. The summed E-state index contributed by atoms with van der Waals surface area (Å²) in [6.07, 6.45) is 4.68. The lowest BCUT2D eigenvalue weighted by molar-refractivity contribution is -0.158. The summed E-state index contributed by atoms with van der Waals surface area (Å²) in [5, 5.41) is 0. The predicted molar refractivity (Wildman–Crippen MR) is 87.5 cm³/mol. The van der Waals surface area contributed by atoms with Gasteiger partial charge in [0.05, 0.1) is 13.4 Å². The van der Waals surface area contributed by atoms with Gasteiger partial charge in [0, 0.05) is 18.8 Å². The van der Waals surface area contributed by atoms with E-state index < -0.39 is 17.6 Å². The Bertz CT molecular complexity index is 725. The number of hydrogen-bond donors (Lipinski definition) is 0. The Labute approximate surface area is 140 Å². The lowest BCUT2D eigenvalue weighted by atomic mass is 9.87. The van der Waals surface area contributed by atoms with Crippen LogP contribution in [-0.2, 0) is 26.2 Å². The van der Waals surface area contributed by atoms with Gasteiger partial charge in [-0.05, 0) is 35.7 Å². The average molecular weight is 328 g/mol. The van der Waals surface area contributed by atoms with E-state index in [1.54, 1.807) is 24.5 Å². The van der Waals surface area contributed by atoms with Crippen LogP contribution in [0.1, 0.15) is 25.2 Å². The van der Waals surface area contributed by atoms with Gasteiger partial charge in [0.25, 0.3) is 0 Å². The third-order valence-electron chi connectivity index (χ3n) is 4.07. The van der Waals surface area contributed by atoms with Crippen LogP contribution < -0.4 is 0 Å². The summed E-state index contributed by atoms with van der Waals surface area (Å²) in [4.78, 5) is 21.6. The minimum Gasteiger partial charge on any atom is -0.482 e. The summed E-state index contributed by atoms with van der Waals surface area (Å²) in [5.41, 5.74) is -0.387. The highest BCUT2D eigenvalue weighted by Crippen LogP contribution is 2.37. The molecule has 6 nitrogen and oxygen atoms in total. The number of rotatable bonds is 4. The van der Waals surface area contributed by atoms with Gasteiger partial charge >= 0.3 is 5.97 Å². The normalized spacial score (nSPS) is 23.8. The number of carbonyl (C=O) groups excluding carboxylic acids is 1. The molecule has 0 aromatic carbocycles. The second kappa shape index (κ2) is 6.47. The van der Waals surface area contributed by atoms with E-state index in [0.717, 1.165) is 5.56 Å². The molecule has 0 amide bonds. The summed E-state index contributed by atoms with van der Waals surface area (Å²) in [5.74, 6) is 0.452. The van der Waals surface area contributed by atoms with E-state index in [1.165, 1.54) is 13.4 Å². The van der Waals surface area contributed by atoms with Crippen molar-refractivity contribution in [2.24, 2.45) is 10.9 Å². The molecular weight excluding hydrogens is 308 g/mol. The smallest absolute Gasteiger partial charge is 0.343 e. The number of aliphatic imine (C=N–C) groups is 1. The van der Waals surface area contributed by atoms with E-state index in [-0.39, 0.29) is 5.92 Å². The maximum atomic E-state index is 12.9. The van der Waals surface area contributed by atoms with E-state index in [1.807, 2.05) is 26.0 Å². The standard InChI is InChI=1S/C18H20N2O4/c1-12(2)15-16(22-3)20-18(17(21)24-15,14-5-4-10-23-14)11-13-6-8-19-9-7-13/h4-10,12,15H,11H2,1-3H3/t15-,18-/m0/s1. The number of carbonyl (C=O) groups is 1. The molecular formula is C18H20N2O4. The zero-order valence-corrected chi connectivity index (χ0v) is 13.9. The Balaban J connectivity index is 2.11. The predicted octanol–water partition coefficient (Wildman–Crippen LogP) is 2.74. The summed E-state index contributed by atoms with van der Waals surface area (Å²) < 4.78 is 16.6. The van der Waals surface area contributed by atoms with Crippen LogP contribution in [-0.4, -0.2) is 30.1 Å². The van der Waals surface area contributed by atoms with Crippen LogP contribution in [0.2, 0.25) is 0 Å². The number of pyridine rings is 1. The largest absolute Gasteiger partial charge is 0.482 e. The first-order chi connectivity index (χ1) is 11.6. The topological polar surface area (TPSA) is 73.9 Å². The first-order valence-electron chi connectivity index (χ1n) is 7.84. The maximum Gasteiger partial charge on any atom is 0.343 e. The van der Waals surface area contributed by atoms with E-state index in [2.05, 4.69) is 9.98 Å². The highest BCUT2D eigenvalue weighted by molar-refractivity contribution is 5.94. The molecule has 1 aliphatic rings. The summed E-state index contributed by atoms with van der Waals surface area (Å²) >= 11 is 0. The molecule has 0 bridgehead atoms. The Morgan fingerprint density at radius 2 is 2.04 bits per heavy atom. The molecule has 0 unspecified atom stereocenters. The molecule has 1 aliphatic heterocycles. The number of nitrogens with zero attached hydrogens (tertiary/aromatic N) is 2. The number of cyclic esters (lactones) is 1. The van der Waals surface area contributed by atoms with E-state index in [0.29, 0.717) is 18.1 Å². The lowest BCUT2D eigenvalue weighted by Gasteiger charge is -2.35. The van der Waals surface area contributed by atoms with Gasteiger partial charge in [-0.1, -0.05) is 13.8 Å². The number of methoxy groups -OCH3 is 1. The fourth-order valence-electron chi connectivity index (χ4n) is 2.81. The highest BCUT2D eigenvalue weighted by Gasteiger charge is 2.51. The highest BCUT2D eigenvalue weighted by atomic mass is 16.6. The maximum absolute atomic E-state index is 12.9. The van der Waals surface area contributed by atoms with Crippen LogP contribution in [0.5, 0.6) is 0 Å². The summed E-state index contributed by atoms with van der Waals surface area (Å²) in [6.45, 7) is 3.91. The molecule has 3 rings (SSSR count). The van der Waals surface area contributed by atoms with E-state index in [9.17, 15) is 4.79 Å². The van der Waals surface area contributed by atoms with Gasteiger partial charge in [0.15, 0.2) is 6.10 Å². The minimum absolute atomic E-state index is 0.0585. The fraction of sp³-hybridized carbons (Fsp3) is 0.389. The molecule has 2 atom stereocenters. The first-order valence-corrected chi connectivity index (χ1v) is 7.84. The Hall–Kier alpha value is -2.63. The van der Waals surface area contributed by atoms with Crippen molar-refractivity contribution < 1.29 is 18.7 Å². The minimum atomic E-state index is -1.29. The Kier molecular flexibility index (Phi) is 4.38. The summed E-state index contributed by atoms with van der Waals surface area (Å²) in [6, 6.07) is 7.14. The van der Waals surface area contributed by atoms with Crippen LogP contribution in [0.4, 0.5) is 0 Å². The van der Waals surface area contributed by atoms with Gasteiger partial charge in [0.2, 0.25) is 11.4 Å². The molecule has 0 saturated carbocycles. The van der Waals surface area contributed by atoms with Crippen LogP contribution in [0.3, 0.4) is 0 Å². The molecule has 2 aromatic heterocycles. The SMILES string of the molecule is COC1=N[C@@](Cc2ccncc2)(c2ccco2)C(=O)O[C@H]1C(C)C. The van der Waals surface area contributed by atoms with Gasteiger partial charge in [-0.3, -0.25) is 4.98 Å². The van der Waals surface area contributed by atoms with Crippen molar-refractivity contribution in [1.82, 2.24) is 4.98 Å². The third-order valence-corrected chi connectivity index (χ3v) is 4.07. The lowest BCUT2D eigenvalue weighted by Crippen LogP contribution is -2.49. The molecule has 0 radical (unpaired) electrons. The van der Waals surface area contributed by atoms with Gasteiger partial charge in [0.1, 0.15) is 5.76 Å². The molecule has 0 fully saturated rings. The molecule has 24 heavy (non-hydrogen) atoms. The van der Waals surface area contributed by atoms with E-state index >= 15 is 0 Å². The van der Waals surface area contributed by atoms with Crippen molar-refractivity contribution in [2.75, 3.05) is 7.11 Å². The van der Waals surface area contributed by atoms with Gasteiger partial charge in [-0.2, -0.15) is 0 Å².